The van der Waals surface area contributed by atoms with E-state index in [-0.39, 0.29) is 11.5 Å². The van der Waals surface area contributed by atoms with E-state index < -0.39 is 8.60 Å². The van der Waals surface area contributed by atoms with E-state index in [0.717, 1.165) is 25.7 Å². The lowest BCUT2D eigenvalue weighted by Gasteiger charge is -2.41. The topological polar surface area (TPSA) is 49.7 Å². The summed E-state index contributed by atoms with van der Waals surface area (Å²) < 4.78 is 5.23. The lowest BCUT2D eigenvalue weighted by Crippen LogP contribution is -2.35. The molecule has 2 N–H and O–H groups in total. The Labute approximate surface area is 132 Å². The van der Waals surface area contributed by atoms with Gasteiger partial charge in [-0.1, -0.05) is 60.7 Å². The van der Waals surface area contributed by atoms with Gasteiger partial charge in [0.25, 0.3) is 0 Å². The fourth-order valence-corrected chi connectivity index (χ4v) is 4.06. The Bertz CT molecular complexity index is 536. The Morgan fingerprint density at radius 1 is 0.818 bits per heavy atom. The fraction of sp³-hybridized carbons (Fsp3) is 0.333. The van der Waals surface area contributed by atoms with Crippen LogP contribution in [-0.2, 0) is 9.94 Å². The summed E-state index contributed by atoms with van der Waals surface area (Å²) in [6.45, 7) is 0. The zero-order chi connectivity index (χ0) is 15.4. The summed E-state index contributed by atoms with van der Waals surface area (Å²) in [7, 11) is -2.26. The smallest absolute Gasteiger partial charge is 0.327 e. The highest BCUT2D eigenvalue weighted by atomic mass is 31.2. The first-order valence-electron chi connectivity index (χ1n) is 7.66. The second-order valence-corrected chi connectivity index (χ2v) is 6.59. The molecule has 1 fully saturated rings. The molecule has 0 aliphatic heterocycles. The molecule has 1 aliphatic rings. The molecule has 0 atom stereocenters. The van der Waals surface area contributed by atoms with Gasteiger partial charge < -0.3 is 14.3 Å². The van der Waals surface area contributed by atoms with Crippen molar-refractivity contribution in [2.45, 2.75) is 37.2 Å². The van der Waals surface area contributed by atoms with Crippen LogP contribution in [0.4, 0.5) is 0 Å². The van der Waals surface area contributed by atoms with Crippen molar-refractivity contribution in [3.63, 3.8) is 0 Å². The number of hydrogen-bond acceptors (Lipinski definition) is 3. The monoisotopic (exact) mass is 316 g/mol. The van der Waals surface area contributed by atoms with Gasteiger partial charge in [-0.2, -0.15) is 0 Å². The largest absolute Gasteiger partial charge is 0.328 e. The van der Waals surface area contributed by atoms with Gasteiger partial charge in [0.15, 0.2) is 0 Å². The summed E-state index contributed by atoms with van der Waals surface area (Å²) >= 11 is 0. The average Bonchev–Trinajstić information content (AvgIpc) is 2.57. The SMILES string of the molecule is OP(O)OC1CCC(c2ccccc2)(c2ccccc2)CC1. The Balaban J connectivity index is 1.90. The van der Waals surface area contributed by atoms with Crippen LogP contribution in [0.25, 0.3) is 0 Å². The highest BCUT2D eigenvalue weighted by molar-refractivity contribution is 7.39. The minimum atomic E-state index is -2.26. The van der Waals surface area contributed by atoms with Crippen LogP contribution in [0.2, 0.25) is 0 Å². The van der Waals surface area contributed by atoms with Crippen LogP contribution in [0.15, 0.2) is 60.7 Å². The molecule has 0 radical (unpaired) electrons. The first-order valence-corrected chi connectivity index (χ1v) is 8.83. The third-order valence-electron chi connectivity index (χ3n) is 4.68. The van der Waals surface area contributed by atoms with Crippen molar-refractivity contribution in [3.05, 3.63) is 71.8 Å². The molecule has 4 heteroatoms. The van der Waals surface area contributed by atoms with Crippen LogP contribution >= 0.6 is 8.60 Å². The van der Waals surface area contributed by atoms with Gasteiger partial charge in [0.2, 0.25) is 0 Å². The second kappa shape index (κ2) is 6.89. The Kier molecular flexibility index (Phi) is 4.90. The van der Waals surface area contributed by atoms with Gasteiger partial charge in [-0.3, -0.25) is 0 Å². The Morgan fingerprint density at radius 2 is 1.27 bits per heavy atom. The van der Waals surface area contributed by atoms with E-state index in [4.69, 9.17) is 14.3 Å². The molecule has 0 unspecified atom stereocenters. The molecule has 0 amide bonds. The predicted molar refractivity (Wildman–Crippen MR) is 88.4 cm³/mol. The maximum atomic E-state index is 9.07. The number of hydrogen-bond donors (Lipinski definition) is 2. The first-order chi connectivity index (χ1) is 10.7. The Morgan fingerprint density at radius 3 is 1.68 bits per heavy atom. The van der Waals surface area contributed by atoms with Crippen molar-refractivity contribution in [3.8, 4) is 0 Å². The minimum Gasteiger partial charge on any atom is -0.328 e. The molecule has 22 heavy (non-hydrogen) atoms. The van der Waals surface area contributed by atoms with E-state index in [1.165, 1.54) is 11.1 Å². The van der Waals surface area contributed by atoms with Crippen LogP contribution in [0.5, 0.6) is 0 Å². The van der Waals surface area contributed by atoms with E-state index in [0.29, 0.717) is 0 Å². The molecule has 0 spiro atoms. The van der Waals surface area contributed by atoms with Crippen molar-refractivity contribution in [1.82, 2.24) is 0 Å². The second-order valence-electron chi connectivity index (χ2n) is 5.87. The third-order valence-corrected chi connectivity index (χ3v) is 5.17. The van der Waals surface area contributed by atoms with Gasteiger partial charge in [-0.05, 0) is 36.8 Å². The Hall–Kier alpha value is -1.25. The van der Waals surface area contributed by atoms with Crippen molar-refractivity contribution in [2.75, 3.05) is 0 Å². The standard InChI is InChI=1S/C18H21O3P/c19-22(20)21-17-11-13-18(14-12-17,15-7-3-1-4-8-15)16-9-5-2-6-10-16/h1-10,17,19-20H,11-14H2. The zero-order valence-corrected chi connectivity index (χ0v) is 13.3. The van der Waals surface area contributed by atoms with Gasteiger partial charge in [-0.15, -0.1) is 0 Å². The quantitative estimate of drug-likeness (QED) is 0.833. The molecule has 3 rings (SSSR count). The van der Waals surface area contributed by atoms with Crippen molar-refractivity contribution in [2.24, 2.45) is 0 Å². The van der Waals surface area contributed by atoms with E-state index in [1.54, 1.807) is 0 Å². The van der Waals surface area contributed by atoms with E-state index in [9.17, 15) is 0 Å². The summed E-state index contributed by atoms with van der Waals surface area (Å²) in [5.41, 5.74) is 2.65. The third kappa shape index (κ3) is 3.23. The number of benzene rings is 2. The molecule has 2 aromatic rings. The summed E-state index contributed by atoms with van der Waals surface area (Å²) in [6, 6.07) is 21.2. The fourth-order valence-electron chi connectivity index (χ4n) is 3.58. The van der Waals surface area contributed by atoms with Crippen molar-refractivity contribution < 1.29 is 14.3 Å². The molecule has 2 aromatic carbocycles. The van der Waals surface area contributed by atoms with Crippen molar-refractivity contribution in [1.29, 1.82) is 0 Å². The highest BCUT2D eigenvalue weighted by Crippen LogP contribution is 2.47. The molecule has 1 saturated carbocycles. The maximum absolute atomic E-state index is 9.07. The van der Waals surface area contributed by atoms with E-state index in [1.807, 2.05) is 12.1 Å². The van der Waals surface area contributed by atoms with Gasteiger partial charge in [0, 0.05) is 5.41 Å². The van der Waals surface area contributed by atoms with Crippen LogP contribution in [-0.4, -0.2) is 15.9 Å². The summed E-state index contributed by atoms with van der Waals surface area (Å²) in [6.07, 6.45) is 3.53. The molecular weight excluding hydrogens is 295 g/mol. The highest BCUT2D eigenvalue weighted by Gasteiger charge is 2.39. The molecule has 0 bridgehead atoms. The van der Waals surface area contributed by atoms with Gasteiger partial charge in [0.1, 0.15) is 0 Å². The van der Waals surface area contributed by atoms with Crippen LogP contribution in [0.1, 0.15) is 36.8 Å². The van der Waals surface area contributed by atoms with Crippen LogP contribution < -0.4 is 0 Å². The first kappa shape index (κ1) is 15.6. The lowest BCUT2D eigenvalue weighted by molar-refractivity contribution is 0.111. The zero-order valence-electron chi connectivity index (χ0n) is 12.4. The molecule has 116 valence electrons. The van der Waals surface area contributed by atoms with Gasteiger partial charge >= 0.3 is 8.60 Å². The van der Waals surface area contributed by atoms with Crippen LogP contribution in [0, 0.1) is 0 Å². The molecule has 3 nitrogen and oxygen atoms in total. The van der Waals surface area contributed by atoms with E-state index in [2.05, 4.69) is 48.5 Å². The summed E-state index contributed by atoms with van der Waals surface area (Å²) in [5, 5.41) is 0. The minimum absolute atomic E-state index is 0.00392. The predicted octanol–water partition coefficient (Wildman–Crippen LogP) is 4.14. The molecular formula is C18H21O3P. The van der Waals surface area contributed by atoms with Crippen molar-refractivity contribution >= 4 is 8.60 Å². The molecule has 0 heterocycles. The normalized spacial score (nSPS) is 18.5. The van der Waals surface area contributed by atoms with Gasteiger partial charge in [-0.25, -0.2) is 0 Å². The molecule has 1 aliphatic carbocycles. The van der Waals surface area contributed by atoms with E-state index >= 15 is 0 Å². The molecule has 0 aromatic heterocycles. The maximum Gasteiger partial charge on any atom is 0.327 e. The average molecular weight is 316 g/mol. The van der Waals surface area contributed by atoms with Gasteiger partial charge in [0.05, 0.1) is 6.10 Å². The lowest BCUT2D eigenvalue weighted by atomic mass is 9.65. The number of rotatable bonds is 4. The summed E-state index contributed by atoms with van der Waals surface area (Å²) in [5.74, 6) is 0. The van der Waals surface area contributed by atoms with Crippen LogP contribution in [0.3, 0.4) is 0 Å². The summed E-state index contributed by atoms with van der Waals surface area (Å²) in [4.78, 5) is 18.1. The molecule has 0 saturated heterocycles.